The summed E-state index contributed by atoms with van der Waals surface area (Å²) in [6.07, 6.45) is 0. The molecule has 0 fully saturated rings. The minimum absolute atomic E-state index is 0. The summed E-state index contributed by atoms with van der Waals surface area (Å²) in [6.45, 7) is 4.66. The van der Waals surface area contributed by atoms with Crippen molar-refractivity contribution in [2.45, 2.75) is 26.6 Å². The number of rotatable bonds is 9. The number of guanidine groups is 1. The predicted molar refractivity (Wildman–Crippen MR) is 124 cm³/mol. The molecule has 154 valence electrons. The van der Waals surface area contributed by atoms with Crippen LogP contribution in [0.2, 0.25) is 0 Å². The highest BCUT2D eigenvalue weighted by atomic mass is 127. The zero-order chi connectivity index (χ0) is 19.5. The van der Waals surface area contributed by atoms with Crippen molar-refractivity contribution in [3.05, 3.63) is 59.2 Å². The first-order valence-electron chi connectivity index (χ1n) is 9.00. The number of hydrogen-bond donors (Lipinski definition) is 2. The molecule has 0 radical (unpaired) electrons. The van der Waals surface area contributed by atoms with Crippen molar-refractivity contribution in [2.75, 3.05) is 27.9 Å². The Balaban J connectivity index is 0.00000392. The maximum atomic E-state index is 5.45. The highest BCUT2D eigenvalue weighted by Gasteiger charge is 2.06. The lowest BCUT2D eigenvalue weighted by Crippen LogP contribution is -2.36. The van der Waals surface area contributed by atoms with Crippen molar-refractivity contribution >= 4 is 29.9 Å². The Hall–Kier alpha value is -2.00. The van der Waals surface area contributed by atoms with Crippen LogP contribution in [0.25, 0.3) is 0 Å². The molecule has 0 aromatic heterocycles. The van der Waals surface area contributed by atoms with Gasteiger partial charge in [-0.1, -0.05) is 24.3 Å². The van der Waals surface area contributed by atoms with Gasteiger partial charge in [0, 0.05) is 31.8 Å². The number of halogens is 1. The van der Waals surface area contributed by atoms with Gasteiger partial charge < -0.3 is 24.8 Å². The van der Waals surface area contributed by atoms with Crippen LogP contribution in [0.4, 0.5) is 0 Å². The lowest BCUT2D eigenvalue weighted by atomic mass is 10.1. The van der Waals surface area contributed by atoms with Gasteiger partial charge in [-0.2, -0.15) is 0 Å². The first-order chi connectivity index (χ1) is 13.2. The maximum absolute atomic E-state index is 5.45. The van der Waals surface area contributed by atoms with E-state index in [0.29, 0.717) is 19.7 Å². The van der Waals surface area contributed by atoms with Crippen LogP contribution in [0.1, 0.15) is 23.6 Å². The molecule has 6 nitrogen and oxygen atoms in total. The second-order valence-electron chi connectivity index (χ2n) is 5.98. The number of aliphatic imine (C=N–C) groups is 1. The van der Waals surface area contributed by atoms with Gasteiger partial charge in [0.2, 0.25) is 0 Å². The van der Waals surface area contributed by atoms with E-state index < -0.39 is 0 Å². The summed E-state index contributed by atoms with van der Waals surface area (Å²) in [7, 11) is 5.00. The van der Waals surface area contributed by atoms with Gasteiger partial charge in [-0.3, -0.25) is 0 Å². The van der Waals surface area contributed by atoms with Crippen LogP contribution < -0.4 is 20.1 Å². The van der Waals surface area contributed by atoms with Crippen molar-refractivity contribution in [2.24, 2.45) is 4.99 Å². The number of nitrogens with one attached hydrogen (secondary N) is 2. The normalized spacial score (nSPS) is 10.8. The van der Waals surface area contributed by atoms with E-state index in [0.717, 1.165) is 40.7 Å². The minimum atomic E-state index is 0. The molecule has 2 aromatic carbocycles. The van der Waals surface area contributed by atoms with Crippen LogP contribution in [0.5, 0.6) is 11.5 Å². The van der Waals surface area contributed by atoms with Gasteiger partial charge in [-0.05, 0) is 30.2 Å². The highest BCUT2D eigenvalue weighted by Crippen LogP contribution is 2.24. The van der Waals surface area contributed by atoms with Crippen LogP contribution in [0.3, 0.4) is 0 Å². The third-order valence-corrected chi connectivity index (χ3v) is 4.04. The minimum Gasteiger partial charge on any atom is -0.497 e. The van der Waals surface area contributed by atoms with Crippen LogP contribution in [-0.2, 0) is 24.4 Å². The third-order valence-electron chi connectivity index (χ3n) is 4.04. The monoisotopic (exact) mass is 499 g/mol. The zero-order valence-electron chi connectivity index (χ0n) is 17.0. The van der Waals surface area contributed by atoms with E-state index in [2.05, 4.69) is 39.9 Å². The number of nitrogens with zero attached hydrogens (tertiary/aromatic N) is 1. The Labute approximate surface area is 184 Å². The predicted octanol–water partition coefficient (Wildman–Crippen LogP) is 3.72. The van der Waals surface area contributed by atoms with E-state index in [-0.39, 0.29) is 24.0 Å². The number of hydrogen-bond acceptors (Lipinski definition) is 4. The quantitative estimate of drug-likeness (QED) is 0.313. The van der Waals surface area contributed by atoms with Crippen LogP contribution in [-0.4, -0.2) is 33.8 Å². The topological polar surface area (TPSA) is 64.1 Å². The molecule has 0 heterocycles. The molecule has 0 aliphatic heterocycles. The molecule has 2 N–H and O–H groups in total. The molecule has 0 unspecified atom stereocenters. The molecule has 0 amide bonds. The Morgan fingerprint density at radius 1 is 0.929 bits per heavy atom. The second kappa shape index (κ2) is 13.2. The molecular formula is C21H30IN3O3. The lowest BCUT2D eigenvalue weighted by Gasteiger charge is -2.14. The Kier molecular flexibility index (Phi) is 11.4. The van der Waals surface area contributed by atoms with Crippen molar-refractivity contribution in [3.63, 3.8) is 0 Å². The zero-order valence-corrected chi connectivity index (χ0v) is 19.3. The average molecular weight is 499 g/mol. The van der Waals surface area contributed by atoms with E-state index in [1.807, 2.05) is 25.1 Å². The molecule has 2 rings (SSSR count). The summed E-state index contributed by atoms with van der Waals surface area (Å²) in [4.78, 5) is 4.66. The van der Waals surface area contributed by atoms with Gasteiger partial charge in [0.05, 0.1) is 27.4 Å². The summed E-state index contributed by atoms with van der Waals surface area (Å²) >= 11 is 0. The van der Waals surface area contributed by atoms with Crippen LogP contribution in [0.15, 0.2) is 47.5 Å². The van der Waals surface area contributed by atoms with Gasteiger partial charge in [0.1, 0.15) is 11.5 Å². The highest BCUT2D eigenvalue weighted by molar-refractivity contribution is 14.0. The SMILES string of the molecule is CCNC(=NCc1ccc(COC)cc1)NCc1ccc(OC)cc1OC.I. The van der Waals surface area contributed by atoms with E-state index in [1.54, 1.807) is 21.3 Å². The number of methoxy groups -OCH3 is 3. The lowest BCUT2D eigenvalue weighted by molar-refractivity contribution is 0.185. The molecule has 0 saturated heterocycles. The Morgan fingerprint density at radius 2 is 1.64 bits per heavy atom. The van der Waals surface area contributed by atoms with Gasteiger partial charge in [0.15, 0.2) is 5.96 Å². The summed E-state index contributed by atoms with van der Waals surface area (Å²) in [5.74, 6) is 2.32. The number of ether oxygens (including phenoxy) is 3. The average Bonchev–Trinajstić information content (AvgIpc) is 2.71. The van der Waals surface area contributed by atoms with E-state index >= 15 is 0 Å². The molecule has 0 aliphatic rings. The smallest absolute Gasteiger partial charge is 0.191 e. The van der Waals surface area contributed by atoms with E-state index in [9.17, 15) is 0 Å². The second-order valence-corrected chi connectivity index (χ2v) is 5.98. The molecular weight excluding hydrogens is 469 g/mol. The summed E-state index contributed by atoms with van der Waals surface area (Å²) < 4.78 is 15.8. The summed E-state index contributed by atoms with van der Waals surface area (Å²) in [5.41, 5.74) is 3.34. The van der Waals surface area contributed by atoms with Crippen molar-refractivity contribution < 1.29 is 14.2 Å². The largest absolute Gasteiger partial charge is 0.497 e. The van der Waals surface area contributed by atoms with Crippen molar-refractivity contribution in [3.8, 4) is 11.5 Å². The maximum Gasteiger partial charge on any atom is 0.191 e. The fourth-order valence-electron chi connectivity index (χ4n) is 2.60. The van der Waals surface area contributed by atoms with E-state index in [4.69, 9.17) is 14.2 Å². The van der Waals surface area contributed by atoms with Crippen LogP contribution in [0, 0.1) is 0 Å². The van der Waals surface area contributed by atoms with Crippen molar-refractivity contribution in [1.82, 2.24) is 10.6 Å². The molecule has 0 spiro atoms. The molecule has 0 bridgehead atoms. The van der Waals surface area contributed by atoms with Gasteiger partial charge in [0.25, 0.3) is 0 Å². The first kappa shape index (κ1) is 24.0. The first-order valence-corrected chi connectivity index (χ1v) is 9.00. The Bertz CT molecular complexity index is 736. The van der Waals surface area contributed by atoms with E-state index in [1.165, 1.54) is 0 Å². The molecule has 0 aliphatic carbocycles. The van der Waals surface area contributed by atoms with Gasteiger partial charge >= 0.3 is 0 Å². The molecule has 0 saturated carbocycles. The molecule has 0 atom stereocenters. The molecule has 2 aromatic rings. The fraction of sp³-hybridized carbons (Fsp3) is 0.381. The standard InChI is InChI=1S/C21H29N3O3.HI/c1-5-22-21(23-13-16-6-8-17(9-7-16)15-25-2)24-14-18-10-11-19(26-3)12-20(18)27-4;/h6-12H,5,13-15H2,1-4H3,(H2,22,23,24);1H. The van der Waals surface area contributed by atoms with Gasteiger partial charge in [-0.25, -0.2) is 4.99 Å². The Morgan fingerprint density at radius 3 is 2.25 bits per heavy atom. The summed E-state index contributed by atoms with van der Waals surface area (Å²) in [5, 5.41) is 6.62. The fourth-order valence-corrected chi connectivity index (χ4v) is 2.60. The van der Waals surface area contributed by atoms with Gasteiger partial charge in [-0.15, -0.1) is 24.0 Å². The molecule has 28 heavy (non-hydrogen) atoms. The van der Waals surface area contributed by atoms with Crippen molar-refractivity contribution in [1.29, 1.82) is 0 Å². The number of benzene rings is 2. The summed E-state index contributed by atoms with van der Waals surface area (Å²) in [6, 6.07) is 14.1. The molecule has 7 heteroatoms. The van der Waals surface area contributed by atoms with Crippen LogP contribution >= 0.6 is 24.0 Å². The third kappa shape index (κ3) is 7.55.